The zero-order chi connectivity index (χ0) is 12.1. The summed E-state index contributed by atoms with van der Waals surface area (Å²) >= 11 is 1.36. The Labute approximate surface area is 104 Å². The van der Waals surface area contributed by atoms with Gasteiger partial charge in [0.05, 0.1) is 0 Å². The van der Waals surface area contributed by atoms with Crippen molar-refractivity contribution in [2.45, 2.75) is 13.5 Å². The van der Waals surface area contributed by atoms with Crippen molar-refractivity contribution in [1.82, 2.24) is 10.2 Å². The lowest BCUT2D eigenvalue weighted by molar-refractivity contribution is 0.472. The third-order valence-electron chi connectivity index (χ3n) is 2.09. The molecule has 0 unspecified atom stereocenters. The van der Waals surface area contributed by atoms with Crippen molar-refractivity contribution >= 4 is 17.4 Å². The standard InChI is InChI=1S/C12H13N3OS/c1-2-5-9-6-3-4-7-10(9)16-12-15-14-11(8-13)17-12/h2-7H,8,13H2,1H3/b5-2+. The van der Waals surface area contributed by atoms with Gasteiger partial charge in [-0.3, -0.25) is 0 Å². The van der Waals surface area contributed by atoms with Crippen LogP contribution >= 0.6 is 11.3 Å². The van der Waals surface area contributed by atoms with Gasteiger partial charge in [0.25, 0.3) is 5.19 Å². The molecule has 17 heavy (non-hydrogen) atoms. The highest BCUT2D eigenvalue weighted by Crippen LogP contribution is 2.28. The van der Waals surface area contributed by atoms with Crippen molar-refractivity contribution in [3.05, 3.63) is 40.9 Å². The first-order valence-corrected chi connectivity index (χ1v) is 6.07. The molecule has 1 aromatic heterocycles. The molecule has 0 atom stereocenters. The molecule has 88 valence electrons. The van der Waals surface area contributed by atoms with E-state index < -0.39 is 0 Å². The molecule has 0 aliphatic rings. The average molecular weight is 247 g/mol. The molecule has 4 nitrogen and oxygen atoms in total. The molecular weight excluding hydrogens is 234 g/mol. The third kappa shape index (κ3) is 2.89. The topological polar surface area (TPSA) is 61.0 Å². The Hall–Kier alpha value is -1.72. The van der Waals surface area contributed by atoms with Crippen LogP contribution in [0.5, 0.6) is 10.9 Å². The fourth-order valence-corrected chi connectivity index (χ4v) is 1.93. The maximum atomic E-state index is 5.68. The molecule has 0 aliphatic heterocycles. The third-order valence-corrected chi connectivity index (χ3v) is 2.91. The van der Waals surface area contributed by atoms with Crippen LogP contribution in [0.1, 0.15) is 17.5 Å². The number of benzene rings is 1. The molecule has 0 saturated heterocycles. The lowest BCUT2D eigenvalue weighted by atomic mass is 10.2. The van der Waals surface area contributed by atoms with E-state index in [4.69, 9.17) is 10.5 Å². The lowest BCUT2D eigenvalue weighted by Gasteiger charge is -2.04. The summed E-state index contributed by atoms with van der Waals surface area (Å²) in [5.74, 6) is 0.769. The SMILES string of the molecule is C/C=C/c1ccccc1Oc1nnc(CN)s1. The van der Waals surface area contributed by atoms with Crippen LogP contribution in [0.3, 0.4) is 0 Å². The fraction of sp³-hybridized carbons (Fsp3) is 0.167. The lowest BCUT2D eigenvalue weighted by Crippen LogP contribution is -1.94. The van der Waals surface area contributed by atoms with Gasteiger partial charge in [-0.25, -0.2) is 0 Å². The molecular formula is C12H13N3OS. The number of rotatable bonds is 4. The van der Waals surface area contributed by atoms with Crippen LogP contribution in [0, 0.1) is 0 Å². The van der Waals surface area contributed by atoms with Crippen molar-refractivity contribution in [3.8, 4) is 10.9 Å². The largest absolute Gasteiger partial charge is 0.429 e. The summed E-state index contributed by atoms with van der Waals surface area (Å²) in [7, 11) is 0. The van der Waals surface area contributed by atoms with Gasteiger partial charge in [-0.1, -0.05) is 46.8 Å². The van der Waals surface area contributed by atoms with Gasteiger partial charge in [0.1, 0.15) is 10.8 Å². The maximum absolute atomic E-state index is 5.68. The number of hydrogen-bond acceptors (Lipinski definition) is 5. The summed E-state index contributed by atoms with van der Waals surface area (Å²) in [5, 5.41) is 9.12. The number of para-hydroxylation sites is 1. The molecule has 0 saturated carbocycles. The molecule has 0 bridgehead atoms. The minimum atomic E-state index is 0.386. The first kappa shape index (κ1) is 11.8. The number of nitrogens with zero attached hydrogens (tertiary/aromatic N) is 2. The van der Waals surface area contributed by atoms with Crippen molar-refractivity contribution in [1.29, 1.82) is 0 Å². The molecule has 0 aliphatic carbocycles. The van der Waals surface area contributed by atoms with Crippen molar-refractivity contribution in [2.75, 3.05) is 0 Å². The van der Waals surface area contributed by atoms with E-state index >= 15 is 0 Å². The zero-order valence-electron chi connectivity index (χ0n) is 9.46. The quantitative estimate of drug-likeness (QED) is 0.902. The predicted molar refractivity (Wildman–Crippen MR) is 69.0 cm³/mol. The van der Waals surface area contributed by atoms with Gasteiger partial charge in [0, 0.05) is 12.1 Å². The van der Waals surface area contributed by atoms with Gasteiger partial charge in [-0.05, 0) is 13.0 Å². The highest BCUT2D eigenvalue weighted by molar-refractivity contribution is 7.13. The molecule has 5 heteroatoms. The Bertz CT molecular complexity index is 522. The van der Waals surface area contributed by atoms with E-state index in [0.29, 0.717) is 11.7 Å². The highest BCUT2D eigenvalue weighted by atomic mass is 32.1. The molecule has 0 radical (unpaired) electrons. The van der Waals surface area contributed by atoms with Crippen LogP contribution < -0.4 is 10.5 Å². The number of hydrogen-bond donors (Lipinski definition) is 1. The van der Waals surface area contributed by atoms with Crippen LogP contribution in [-0.2, 0) is 6.54 Å². The van der Waals surface area contributed by atoms with Gasteiger partial charge in [0.2, 0.25) is 0 Å². The summed E-state index contributed by atoms with van der Waals surface area (Å²) in [6.45, 7) is 2.35. The van der Waals surface area contributed by atoms with Crippen LogP contribution in [0.25, 0.3) is 6.08 Å². The van der Waals surface area contributed by atoms with Gasteiger partial charge in [-0.15, -0.1) is 5.10 Å². The number of aromatic nitrogens is 2. The van der Waals surface area contributed by atoms with E-state index in [-0.39, 0.29) is 0 Å². The fourth-order valence-electron chi connectivity index (χ4n) is 1.35. The predicted octanol–water partition coefficient (Wildman–Crippen LogP) is 2.82. The Kier molecular flexibility index (Phi) is 3.85. The second kappa shape index (κ2) is 5.56. The highest BCUT2D eigenvalue weighted by Gasteiger charge is 2.06. The van der Waals surface area contributed by atoms with E-state index in [1.807, 2.05) is 43.3 Å². The van der Waals surface area contributed by atoms with Gasteiger partial charge in [0.15, 0.2) is 0 Å². The normalized spacial score (nSPS) is 10.9. The van der Waals surface area contributed by atoms with Crippen LogP contribution in [-0.4, -0.2) is 10.2 Å². The Morgan fingerprint density at radius 1 is 1.35 bits per heavy atom. The molecule has 2 aromatic rings. The minimum Gasteiger partial charge on any atom is -0.429 e. The Morgan fingerprint density at radius 3 is 2.88 bits per heavy atom. The minimum absolute atomic E-state index is 0.386. The first-order valence-electron chi connectivity index (χ1n) is 5.25. The van der Waals surface area contributed by atoms with Crippen LogP contribution in [0.2, 0.25) is 0 Å². The van der Waals surface area contributed by atoms with Crippen molar-refractivity contribution in [2.24, 2.45) is 5.73 Å². The van der Waals surface area contributed by atoms with E-state index in [0.717, 1.165) is 16.3 Å². The van der Waals surface area contributed by atoms with Crippen LogP contribution in [0.15, 0.2) is 30.3 Å². The molecule has 0 spiro atoms. The van der Waals surface area contributed by atoms with Crippen molar-refractivity contribution in [3.63, 3.8) is 0 Å². The smallest absolute Gasteiger partial charge is 0.299 e. The van der Waals surface area contributed by atoms with E-state index in [9.17, 15) is 0 Å². The van der Waals surface area contributed by atoms with Gasteiger partial charge < -0.3 is 10.5 Å². The number of ether oxygens (including phenoxy) is 1. The molecule has 2 N–H and O–H groups in total. The van der Waals surface area contributed by atoms with E-state index in [1.54, 1.807) is 0 Å². The monoisotopic (exact) mass is 247 g/mol. The molecule has 2 rings (SSSR count). The first-order chi connectivity index (χ1) is 8.33. The summed E-state index contributed by atoms with van der Waals surface area (Å²) in [5.41, 5.74) is 6.49. The molecule has 1 aromatic carbocycles. The van der Waals surface area contributed by atoms with Crippen molar-refractivity contribution < 1.29 is 4.74 Å². The average Bonchev–Trinajstić information content (AvgIpc) is 2.80. The Balaban J connectivity index is 2.23. The maximum Gasteiger partial charge on any atom is 0.299 e. The Morgan fingerprint density at radius 2 is 2.18 bits per heavy atom. The molecule has 1 heterocycles. The summed E-state index contributed by atoms with van der Waals surface area (Å²) in [4.78, 5) is 0. The molecule has 0 fully saturated rings. The molecule has 0 amide bonds. The second-order valence-corrected chi connectivity index (χ2v) is 4.33. The van der Waals surface area contributed by atoms with Crippen LogP contribution in [0.4, 0.5) is 0 Å². The zero-order valence-corrected chi connectivity index (χ0v) is 10.3. The van der Waals surface area contributed by atoms with E-state index in [1.165, 1.54) is 11.3 Å². The second-order valence-electron chi connectivity index (χ2n) is 3.31. The summed E-state index contributed by atoms with van der Waals surface area (Å²) in [6, 6.07) is 7.78. The summed E-state index contributed by atoms with van der Waals surface area (Å²) < 4.78 is 5.68. The van der Waals surface area contributed by atoms with E-state index in [2.05, 4.69) is 10.2 Å². The number of allylic oxidation sites excluding steroid dienone is 1. The summed E-state index contributed by atoms with van der Waals surface area (Å²) in [6.07, 6.45) is 3.95. The number of nitrogens with two attached hydrogens (primary N) is 1. The van der Waals surface area contributed by atoms with Gasteiger partial charge in [-0.2, -0.15) is 0 Å². The van der Waals surface area contributed by atoms with Gasteiger partial charge >= 0.3 is 0 Å².